The topological polar surface area (TPSA) is 69.4 Å². The van der Waals surface area contributed by atoms with E-state index in [1.165, 1.54) is 17.6 Å². The number of ether oxygens (including phenoxy) is 1. The SMILES string of the molecule is COCC(=O)C[C@@H]1N=C(c2ccc(Cl)cc2)c2c(sc(C)c2C)-n2c(C)nnc21. The van der Waals surface area contributed by atoms with Crippen LogP contribution in [0.4, 0.5) is 0 Å². The first kappa shape index (κ1) is 19.9. The minimum absolute atomic E-state index is 0.0259. The Kier molecular flexibility index (Phi) is 5.38. The summed E-state index contributed by atoms with van der Waals surface area (Å²) in [5, 5.41) is 10.4. The Labute approximate surface area is 178 Å². The summed E-state index contributed by atoms with van der Waals surface area (Å²) in [5.41, 5.74) is 4.03. The lowest BCUT2D eigenvalue weighted by Crippen LogP contribution is -2.14. The Balaban J connectivity index is 1.96. The molecule has 3 heterocycles. The number of thiophene rings is 1. The Bertz CT molecular complexity index is 1110. The van der Waals surface area contributed by atoms with Gasteiger partial charge in [-0.15, -0.1) is 21.5 Å². The van der Waals surface area contributed by atoms with Gasteiger partial charge in [-0.05, 0) is 38.5 Å². The Morgan fingerprint density at radius 1 is 1.21 bits per heavy atom. The minimum atomic E-state index is -0.441. The van der Waals surface area contributed by atoms with E-state index in [4.69, 9.17) is 21.3 Å². The van der Waals surface area contributed by atoms with Crippen LogP contribution in [0.15, 0.2) is 29.3 Å². The molecule has 0 saturated carbocycles. The molecule has 0 bridgehead atoms. The molecule has 0 fully saturated rings. The van der Waals surface area contributed by atoms with Gasteiger partial charge in [0.05, 0.1) is 5.71 Å². The zero-order chi connectivity index (χ0) is 20.7. The number of carbonyl (C=O) groups is 1. The molecule has 0 saturated heterocycles. The van der Waals surface area contributed by atoms with E-state index < -0.39 is 6.04 Å². The summed E-state index contributed by atoms with van der Waals surface area (Å²) < 4.78 is 7.06. The van der Waals surface area contributed by atoms with Gasteiger partial charge in [0.25, 0.3) is 0 Å². The van der Waals surface area contributed by atoms with Crippen molar-refractivity contribution >= 4 is 34.4 Å². The van der Waals surface area contributed by atoms with E-state index in [9.17, 15) is 4.79 Å². The van der Waals surface area contributed by atoms with Crippen LogP contribution in [0.5, 0.6) is 0 Å². The number of halogens is 1. The molecule has 1 aliphatic rings. The number of nitrogens with zero attached hydrogens (tertiary/aromatic N) is 4. The molecule has 6 nitrogen and oxygen atoms in total. The summed E-state index contributed by atoms with van der Waals surface area (Å²) in [4.78, 5) is 18.7. The van der Waals surface area contributed by atoms with Crippen LogP contribution < -0.4 is 0 Å². The summed E-state index contributed by atoms with van der Waals surface area (Å²) >= 11 is 7.80. The van der Waals surface area contributed by atoms with Crippen molar-refractivity contribution in [2.24, 2.45) is 4.99 Å². The Hall–Kier alpha value is -2.35. The summed E-state index contributed by atoms with van der Waals surface area (Å²) in [7, 11) is 1.52. The minimum Gasteiger partial charge on any atom is -0.377 e. The van der Waals surface area contributed by atoms with Gasteiger partial charge in [-0.25, -0.2) is 0 Å². The third kappa shape index (κ3) is 3.54. The third-order valence-corrected chi connectivity index (χ3v) is 6.53. The van der Waals surface area contributed by atoms with Crippen LogP contribution in [0.2, 0.25) is 5.02 Å². The number of ketones is 1. The van der Waals surface area contributed by atoms with E-state index in [1.54, 1.807) is 11.3 Å². The quantitative estimate of drug-likeness (QED) is 0.603. The average Bonchev–Trinajstić information content (AvgIpc) is 3.15. The van der Waals surface area contributed by atoms with Crippen LogP contribution in [0.25, 0.3) is 5.00 Å². The van der Waals surface area contributed by atoms with Crippen molar-refractivity contribution < 1.29 is 9.53 Å². The van der Waals surface area contributed by atoms with Crippen molar-refractivity contribution in [3.63, 3.8) is 0 Å². The molecule has 8 heteroatoms. The number of aryl methyl sites for hydroxylation is 2. The number of methoxy groups -OCH3 is 1. The van der Waals surface area contributed by atoms with Gasteiger partial charge in [0.1, 0.15) is 23.5 Å². The van der Waals surface area contributed by atoms with Crippen molar-refractivity contribution in [3.05, 3.63) is 62.5 Å². The molecule has 0 amide bonds. The molecule has 0 radical (unpaired) electrons. The molecule has 0 aliphatic carbocycles. The molecule has 150 valence electrons. The second kappa shape index (κ2) is 7.82. The second-order valence-electron chi connectivity index (χ2n) is 7.08. The van der Waals surface area contributed by atoms with Gasteiger partial charge in [0.15, 0.2) is 11.6 Å². The molecule has 3 aromatic rings. The molecular weight excluding hydrogens is 408 g/mol. The first-order chi connectivity index (χ1) is 13.9. The Morgan fingerprint density at radius 3 is 2.62 bits per heavy atom. The molecule has 29 heavy (non-hydrogen) atoms. The number of aromatic nitrogens is 3. The summed E-state index contributed by atoms with van der Waals surface area (Å²) in [5.74, 6) is 1.43. The van der Waals surface area contributed by atoms with E-state index in [2.05, 4.69) is 24.0 Å². The van der Waals surface area contributed by atoms with Gasteiger partial charge in [0, 0.05) is 34.6 Å². The molecule has 2 aromatic heterocycles. The van der Waals surface area contributed by atoms with E-state index in [1.807, 2.05) is 35.8 Å². The molecule has 0 N–H and O–H groups in total. The van der Waals surface area contributed by atoms with E-state index in [0.29, 0.717) is 10.8 Å². The van der Waals surface area contributed by atoms with Crippen LogP contribution >= 0.6 is 22.9 Å². The fraction of sp³-hybridized carbons (Fsp3) is 0.333. The first-order valence-electron chi connectivity index (χ1n) is 9.27. The smallest absolute Gasteiger partial charge is 0.163 e. The molecule has 1 aromatic carbocycles. The number of fused-ring (bicyclic) bond motifs is 3. The standard InChI is InChI=1S/C21H21ClN4O2S/c1-11-12(2)29-21-18(11)19(14-5-7-15(22)8-6-14)23-17(9-16(27)10-28-4)20-25-24-13(3)26(20)21/h5-8,17H,9-10H2,1-4H3/t17-/m0/s1. The van der Waals surface area contributed by atoms with Gasteiger partial charge in [-0.1, -0.05) is 23.7 Å². The summed E-state index contributed by atoms with van der Waals surface area (Å²) in [6, 6.07) is 7.20. The van der Waals surface area contributed by atoms with Gasteiger partial charge in [-0.3, -0.25) is 14.4 Å². The van der Waals surface area contributed by atoms with E-state index >= 15 is 0 Å². The highest BCUT2D eigenvalue weighted by Crippen LogP contribution is 2.39. The van der Waals surface area contributed by atoms with Crippen LogP contribution in [-0.2, 0) is 9.53 Å². The van der Waals surface area contributed by atoms with Crippen molar-refractivity contribution in [2.45, 2.75) is 33.2 Å². The van der Waals surface area contributed by atoms with Crippen molar-refractivity contribution in [1.29, 1.82) is 0 Å². The number of rotatable bonds is 5. The number of hydrogen-bond donors (Lipinski definition) is 0. The maximum absolute atomic E-state index is 12.4. The first-order valence-corrected chi connectivity index (χ1v) is 10.5. The second-order valence-corrected chi connectivity index (χ2v) is 8.72. The predicted molar refractivity (Wildman–Crippen MR) is 115 cm³/mol. The number of carbonyl (C=O) groups excluding carboxylic acids is 1. The highest BCUT2D eigenvalue weighted by Gasteiger charge is 2.32. The van der Waals surface area contributed by atoms with Gasteiger partial charge < -0.3 is 4.74 Å². The third-order valence-electron chi connectivity index (χ3n) is 5.08. The largest absolute Gasteiger partial charge is 0.377 e. The number of aliphatic imine (C=N–C) groups is 1. The maximum Gasteiger partial charge on any atom is 0.163 e. The normalized spacial score (nSPS) is 15.5. The van der Waals surface area contributed by atoms with Crippen LogP contribution in [0, 0.1) is 20.8 Å². The predicted octanol–water partition coefficient (Wildman–Crippen LogP) is 4.41. The van der Waals surface area contributed by atoms with E-state index in [0.717, 1.165) is 27.7 Å². The molecule has 0 spiro atoms. The van der Waals surface area contributed by atoms with Gasteiger partial charge in [0.2, 0.25) is 0 Å². The molecule has 0 unspecified atom stereocenters. The molecule has 4 rings (SSSR count). The van der Waals surface area contributed by atoms with Gasteiger partial charge in [-0.2, -0.15) is 0 Å². The average molecular weight is 429 g/mol. The fourth-order valence-corrected chi connectivity index (χ4v) is 4.91. The lowest BCUT2D eigenvalue weighted by Gasteiger charge is -2.12. The molecular formula is C21H21ClN4O2S. The fourth-order valence-electron chi connectivity index (χ4n) is 3.57. The zero-order valence-corrected chi connectivity index (χ0v) is 18.3. The Morgan fingerprint density at radius 2 is 1.93 bits per heavy atom. The molecule has 1 aliphatic heterocycles. The van der Waals surface area contributed by atoms with E-state index in [-0.39, 0.29) is 18.8 Å². The lowest BCUT2D eigenvalue weighted by molar-refractivity contribution is -0.123. The molecule has 1 atom stereocenters. The zero-order valence-electron chi connectivity index (χ0n) is 16.7. The van der Waals surface area contributed by atoms with Crippen molar-refractivity contribution in [3.8, 4) is 5.00 Å². The number of Topliss-reactive ketones (excluding diaryl/α,β-unsaturated/α-hetero) is 1. The van der Waals surface area contributed by atoms with Crippen LogP contribution in [-0.4, -0.2) is 40.0 Å². The number of benzene rings is 1. The monoisotopic (exact) mass is 428 g/mol. The lowest BCUT2D eigenvalue weighted by atomic mass is 9.99. The van der Waals surface area contributed by atoms with Crippen LogP contribution in [0.1, 0.15) is 45.7 Å². The van der Waals surface area contributed by atoms with Crippen LogP contribution in [0.3, 0.4) is 0 Å². The maximum atomic E-state index is 12.4. The number of hydrogen-bond acceptors (Lipinski definition) is 6. The highest BCUT2D eigenvalue weighted by molar-refractivity contribution is 7.15. The van der Waals surface area contributed by atoms with Crippen molar-refractivity contribution in [2.75, 3.05) is 13.7 Å². The highest BCUT2D eigenvalue weighted by atomic mass is 35.5. The van der Waals surface area contributed by atoms with Gasteiger partial charge >= 0.3 is 0 Å². The van der Waals surface area contributed by atoms with Crippen molar-refractivity contribution in [1.82, 2.24) is 14.8 Å². The summed E-state index contributed by atoms with van der Waals surface area (Å²) in [6.07, 6.45) is 0.204. The summed E-state index contributed by atoms with van der Waals surface area (Å²) in [6.45, 7) is 6.18.